The quantitative estimate of drug-likeness (QED) is 0.845. The molecule has 0 saturated carbocycles. The molecule has 1 heterocycles. The molecule has 0 amide bonds. The number of nitrogens with one attached hydrogen (secondary N) is 1. The lowest BCUT2D eigenvalue weighted by Crippen LogP contribution is -2.45. The van der Waals surface area contributed by atoms with E-state index in [4.69, 9.17) is 4.74 Å². The molecule has 1 fully saturated rings. The van der Waals surface area contributed by atoms with Crippen LogP contribution in [0, 0.1) is 0 Å². The van der Waals surface area contributed by atoms with Crippen LogP contribution in [-0.2, 0) is 11.3 Å². The fourth-order valence-corrected chi connectivity index (χ4v) is 1.96. The molecule has 1 aliphatic rings. The average molecular weight is 213 g/mol. The third-order valence-corrected chi connectivity index (χ3v) is 3.05. The first-order chi connectivity index (χ1) is 7.92. The van der Waals surface area contributed by atoms with Crippen LogP contribution >= 0.6 is 0 Å². The van der Waals surface area contributed by atoms with E-state index < -0.39 is 0 Å². The zero-order chi connectivity index (χ0) is 10.8. The van der Waals surface area contributed by atoms with Gasteiger partial charge in [0.1, 0.15) is 0 Å². The second kappa shape index (κ2) is 4.24. The summed E-state index contributed by atoms with van der Waals surface area (Å²) in [6, 6.07) is 15.6. The minimum absolute atomic E-state index is 0.548. The highest BCUT2D eigenvalue weighted by Gasteiger charge is 2.16. The Hall–Kier alpha value is -1.38. The van der Waals surface area contributed by atoms with Gasteiger partial charge in [-0.15, -0.1) is 0 Å². The van der Waals surface area contributed by atoms with Gasteiger partial charge >= 0.3 is 0 Å². The summed E-state index contributed by atoms with van der Waals surface area (Å²) in [7, 11) is 0. The molecule has 1 saturated heterocycles. The summed E-state index contributed by atoms with van der Waals surface area (Å²) in [6.07, 6.45) is 0. The summed E-state index contributed by atoms with van der Waals surface area (Å²) in [5.74, 6) is 0. The Labute approximate surface area is 95.2 Å². The van der Waals surface area contributed by atoms with Crippen molar-refractivity contribution < 1.29 is 4.74 Å². The molecule has 1 N–H and O–H groups in total. The fourth-order valence-electron chi connectivity index (χ4n) is 1.96. The van der Waals surface area contributed by atoms with E-state index in [9.17, 15) is 0 Å². The van der Waals surface area contributed by atoms with E-state index in [1.165, 1.54) is 16.3 Å². The van der Waals surface area contributed by atoms with Gasteiger partial charge in [-0.3, -0.25) is 0 Å². The van der Waals surface area contributed by atoms with Crippen LogP contribution in [0.2, 0.25) is 0 Å². The lowest BCUT2D eigenvalue weighted by atomic mass is 10.1. The highest BCUT2D eigenvalue weighted by Crippen LogP contribution is 2.15. The zero-order valence-corrected chi connectivity index (χ0v) is 9.15. The van der Waals surface area contributed by atoms with Crippen LogP contribution in [0.15, 0.2) is 42.5 Å². The van der Waals surface area contributed by atoms with Gasteiger partial charge in [0.2, 0.25) is 0 Å². The van der Waals surface area contributed by atoms with Crippen LogP contribution in [0.3, 0.4) is 0 Å². The van der Waals surface area contributed by atoms with E-state index in [-0.39, 0.29) is 0 Å². The highest BCUT2D eigenvalue weighted by molar-refractivity contribution is 5.82. The van der Waals surface area contributed by atoms with E-state index >= 15 is 0 Å². The van der Waals surface area contributed by atoms with Gasteiger partial charge in [-0.1, -0.05) is 36.4 Å². The van der Waals surface area contributed by atoms with Crippen molar-refractivity contribution >= 4 is 10.8 Å². The Bertz CT molecular complexity index is 491. The molecule has 2 aromatic rings. The Kier molecular flexibility index (Phi) is 2.60. The van der Waals surface area contributed by atoms with Gasteiger partial charge in [-0.05, 0) is 22.4 Å². The van der Waals surface area contributed by atoms with Gasteiger partial charge in [0, 0.05) is 6.54 Å². The Balaban J connectivity index is 1.76. The van der Waals surface area contributed by atoms with Crippen molar-refractivity contribution in [2.24, 2.45) is 0 Å². The molecule has 1 aliphatic heterocycles. The van der Waals surface area contributed by atoms with E-state index in [1.54, 1.807) is 0 Å². The SMILES string of the molecule is c1ccc2cc(CNC3COC3)ccc2c1. The van der Waals surface area contributed by atoms with Crippen LogP contribution in [0.4, 0.5) is 0 Å². The minimum Gasteiger partial charge on any atom is -0.378 e. The van der Waals surface area contributed by atoms with Crippen molar-refractivity contribution in [2.75, 3.05) is 13.2 Å². The second-order valence-corrected chi connectivity index (χ2v) is 4.30. The van der Waals surface area contributed by atoms with Crippen molar-refractivity contribution in [3.05, 3.63) is 48.0 Å². The monoisotopic (exact) mass is 213 g/mol. The number of ether oxygens (including phenoxy) is 1. The molecule has 2 aromatic carbocycles. The van der Waals surface area contributed by atoms with Gasteiger partial charge in [-0.25, -0.2) is 0 Å². The van der Waals surface area contributed by atoms with Crippen molar-refractivity contribution in [1.82, 2.24) is 5.32 Å². The number of rotatable bonds is 3. The van der Waals surface area contributed by atoms with Gasteiger partial charge in [0.15, 0.2) is 0 Å². The van der Waals surface area contributed by atoms with Crippen LogP contribution in [0.1, 0.15) is 5.56 Å². The van der Waals surface area contributed by atoms with Crippen LogP contribution < -0.4 is 5.32 Å². The second-order valence-electron chi connectivity index (χ2n) is 4.30. The molecule has 2 heteroatoms. The molecule has 0 unspecified atom stereocenters. The minimum atomic E-state index is 0.548. The van der Waals surface area contributed by atoms with Gasteiger partial charge in [-0.2, -0.15) is 0 Å². The highest BCUT2D eigenvalue weighted by atomic mass is 16.5. The molecule has 0 atom stereocenters. The molecule has 16 heavy (non-hydrogen) atoms. The van der Waals surface area contributed by atoms with Gasteiger partial charge < -0.3 is 10.1 Å². The lowest BCUT2D eigenvalue weighted by molar-refractivity contribution is -0.00578. The first kappa shape index (κ1) is 9.82. The molecular formula is C14H15NO. The topological polar surface area (TPSA) is 21.3 Å². The maximum Gasteiger partial charge on any atom is 0.0643 e. The molecular weight excluding hydrogens is 198 g/mol. The normalized spacial score (nSPS) is 16.2. The number of benzene rings is 2. The third-order valence-electron chi connectivity index (χ3n) is 3.05. The predicted octanol–water partition coefficient (Wildman–Crippen LogP) is 2.33. The van der Waals surface area contributed by atoms with Crippen molar-refractivity contribution in [2.45, 2.75) is 12.6 Å². The van der Waals surface area contributed by atoms with Crippen LogP contribution in [0.5, 0.6) is 0 Å². The number of hydrogen-bond acceptors (Lipinski definition) is 2. The summed E-state index contributed by atoms with van der Waals surface area (Å²) >= 11 is 0. The van der Waals surface area contributed by atoms with Gasteiger partial charge in [0.05, 0.1) is 19.3 Å². The van der Waals surface area contributed by atoms with Crippen LogP contribution in [-0.4, -0.2) is 19.3 Å². The van der Waals surface area contributed by atoms with E-state index in [2.05, 4.69) is 47.8 Å². The molecule has 0 bridgehead atoms. The summed E-state index contributed by atoms with van der Waals surface area (Å²) in [5.41, 5.74) is 1.34. The van der Waals surface area contributed by atoms with Crippen molar-refractivity contribution in [1.29, 1.82) is 0 Å². The molecule has 3 rings (SSSR count). The maximum atomic E-state index is 5.13. The first-order valence-corrected chi connectivity index (χ1v) is 5.71. The predicted molar refractivity (Wildman–Crippen MR) is 65.4 cm³/mol. The Morgan fingerprint density at radius 1 is 1.06 bits per heavy atom. The average Bonchev–Trinajstić information content (AvgIpc) is 2.27. The molecule has 0 aromatic heterocycles. The summed E-state index contributed by atoms with van der Waals surface area (Å²) in [5, 5.41) is 6.09. The lowest BCUT2D eigenvalue weighted by Gasteiger charge is -2.27. The van der Waals surface area contributed by atoms with E-state index in [1.807, 2.05) is 0 Å². The molecule has 0 spiro atoms. The van der Waals surface area contributed by atoms with E-state index in [0.29, 0.717) is 6.04 Å². The maximum absolute atomic E-state index is 5.13. The zero-order valence-electron chi connectivity index (χ0n) is 9.15. The molecule has 2 nitrogen and oxygen atoms in total. The fraction of sp³-hybridized carbons (Fsp3) is 0.286. The summed E-state index contributed by atoms with van der Waals surface area (Å²) in [6.45, 7) is 2.64. The van der Waals surface area contributed by atoms with Crippen molar-refractivity contribution in [3.8, 4) is 0 Å². The molecule has 0 aliphatic carbocycles. The standard InChI is InChI=1S/C14H15NO/c1-2-4-13-7-11(5-6-12(13)3-1)8-15-14-9-16-10-14/h1-7,14-15H,8-10H2. The largest absolute Gasteiger partial charge is 0.378 e. The van der Waals surface area contributed by atoms with Crippen LogP contribution in [0.25, 0.3) is 10.8 Å². The number of hydrogen-bond donors (Lipinski definition) is 1. The summed E-state index contributed by atoms with van der Waals surface area (Å²) in [4.78, 5) is 0. The Morgan fingerprint density at radius 3 is 2.62 bits per heavy atom. The van der Waals surface area contributed by atoms with Crippen molar-refractivity contribution in [3.63, 3.8) is 0 Å². The summed E-state index contributed by atoms with van der Waals surface area (Å²) < 4.78 is 5.13. The Morgan fingerprint density at radius 2 is 1.88 bits per heavy atom. The first-order valence-electron chi connectivity index (χ1n) is 5.71. The number of fused-ring (bicyclic) bond motifs is 1. The van der Waals surface area contributed by atoms with E-state index in [0.717, 1.165) is 19.8 Å². The third kappa shape index (κ3) is 1.94. The molecule has 0 radical (unpaired) electrons. The smallest absolute Gasteiger partial charge is 0.0643 e. The van der Waals surface area contributed by atoms with Gasteiger partial charge in [0.25, 0.3) is 0 Å². The molecule has 82 valence electrons.